The van der Waals surface area contributed by atoms with E-state index in [1.165, 1.54) is 0 Å². The van der Waals surface area contributed by atoms with Gasteiger partial charge in [-0.05, 0) is 31.4 Å². The van der Waals surface area contributed by atoms with Gasteiger partial charge in [0.25, 0.3) is 0 Å². The molecule has 1 fully saturated rings. The van der Waals surface area contributed by atoms with Crippen molar-refractivity contribution in [2.24, 2.45) is 4.99 Å². The Labute approximate surface area is 112 Å². The molecular formula is C14H16ClNO2. The van der Waals surface area contributed by atoms with Gasteiger partial charge in [-0.15, -0.1) is 0 Å². The van der Waals surface area contributed by atoms with Crippen LogP contribution in [0.4, 0.5) is 0 Å². The second kappa shape index (κ2) is 5.13. The van der Waals surface area contributed by atoms with Gasteiger partial charge < -0.3 is 4.74 Å². The summed E-state index contributed by atoms with van der Waals surface area (Å²) in [6, 6.07) is 3.89. The van der Waals surface area contributed by atoms with Crippen LogP contribution in [0.1, 0.15) is 36.8 Å². The predicted octanol–water partition coefficient (Wildman–Crippen LogP) is 3.76. The van der Waals surface area contributed by atoms with Gasteiger partial charge in [-0.3, -0.25) is 0 Å². The minimum atomic E-state index is -0.502. The van der Waals surface area contributed by atoms with Crippen molar-refractivity contribution >= 4 is 17.7 Å². The molecule has 3 nitrogen and oxygen atoms in total. The molecule has 1 aromatic rings. The monoisotopic (exact) mass is 265 g/mol. The number of rotatable bonds is 3. The number of nitrogens with zero attached hydrogens (tertiary/aromatic N) is 1. The molecule has 0 N–H and O–H groups in total. The van der Waals surface area contributed by atoms with E-state index in [4.69, 9.17) is 16.3 Å². The number of aryl methyl sites for hydroxylation is 1. The van der Waals surface area contributed by atoms with Crippen LogP contribution in [0.2, 0.25) is 5.02 Å². The Balaban J connectivity index is 2.61. The van der Waals surface area contributed by atoms with Crippen LogP contribution in [-0.2, 0) is 10.3 Å². The number of isocyanates is 1. The van der Waals surface area contributed by atoms with Gasteiger partial charge in [0, 0.05) is 5.56 Å². The van der Waals surface area contributed by atoms with Crippen molar-refractivity contribution in [3.63, 3.8) is 0 Å². The summed E-state index contributed by atoms with van der Waals surface area (Å²) in [6.07, 6.45) is 5.50. The Morgan fingerprint density at radius 3 is 2.61 bits per heavy atom. The van der Waals surface area contributed by atoms with E-state index in [0.717, 1.165) is 36.8 Å². The SMILES string of the molecule is COc1cc(C)cc(C2(N=C=O)CCCC2)c1Cl. The average molecular weight is 266 g/mol. The highest BCUT2D eigenvalue weighted by Gasteiger charge is 2.38. The van der Waals surface area contributed by atoms with Gasteiger partial charge in [-0.1, -0.05) is 30.5 Å². The van der Waals surface area contributed by atoms with Crippen molar-refractivity contribution in [3.05, 3.63) is 28.3 Å². The molecule has 0 aromatic heterocycles. The largest absolute Gasteiger partial charge is 0.495 e. The molecule has 2 rings (SSSR count). The molecule has 0 radical (unpaired) electrons. The first-order valence-corrected chi connectivity index (χ1v) is 6.44. The minimum Gasteiger partial charge on any atom is -0.495 e. The predicted molar refractivity (Wildman–Crippen MR) is 71.0 cm³/mol. The molecule has 1 saturated carbocycles. The van der Waals surface area contributed by atoms with Gasteiger partial charge in [0.05, 0.1) is 17.7 Å². The maximum absolute atomic E-state index is 10.7. The van der Waals surface area contributed by atoms with Gasteiger partial charge in [-0.2, -0.15) is 4.99 Å². The summed E-state index contributed by atoms with van der Waals surface area (Å²) in [4.78, 5) is 14.8. The van der Waals surface area contributed by atoms with Crippen LogP contribution in [0.15, 0.2) is 17.1 Å². The highest BCUT2D eigenvalue weighted by Crippen LogP contribution is 2.47. The van der Waals surface area contributed by atoms with Crippen LogP contribution >= 0.6 is 11.6 Å². The molecule has 0 bridgehead atoms. The van der Waals surface area contributed by atoms with E-state index >= 15 is 0 Å². The van der Waals surface area contributed by atoms with E-state index in [9.17, 15) is 4.79 Å². The van der Waals surface area contributed by atoms with Crippen molar-refractivity contribution in [1.82, 2.24) is 0 Å². The lowest BCUT2D eigenvalue weighted by molar-refractivity contribution is 0.408. The number of ether oxygens (including phenoxy) is 1. The number of carbonyl (C=O) groups excluding carboxylic acids is 1. The second-order valence-corrected chi connectivity index (χ2v) is 5.15. The summed E-state index contributed by atoms with van der Waals surface area (Å²) in [7, 11) is 1.59. The normalized spacial score (nSPS) is 17.3. The summed E-state index contributed by atoms with van der Waals surface area (Å²) in [6.45, 7) is 1.98. The molecule has 1 aromatic carbocycles. The van der Waals surface area contributed by atoms with Gasteiger partial charge in [0.15, 0.2) is 0 Å². The maximum Gasteiger partial charge on any atom is 0.235 e. The third-order valence-electron chi connectivity index (χ3n) is 3.60. The Bertz CT molecular complexity index is 501. The van der Waals surface area contributed by atoms with Crippen molar-refractivity contribution in [1.29, 1.82) is 0 Å². The lowest BCUT2D eigenvalue weighted by Crippen LogP contribution is -2.20. The first-order valence-electron chi connectivity index (χ1n) is 6.06. The van der Waals surface area contributed by atoms with E-state index in [-0.39, 0.29) is 0 Å². The van der Waals surface area contributed by atoms with E-state index in [1.54, 1.807) is 13.2 Å². The molecule has 0 amide bonds. The number of aliphatic imine (C=N–C) groups is 1. The lowest BCUT2D eigenvalue weighted by atomic mass is 9.87. The number of methoxy groups -OCH3 is 1. The van der Waals surface area contributed by atoms with Crippen LogP contribution in [-0.4, -0.2) is 13.2 Å². The van der Waals surface area contributed by atoms with Crippen molar-refractivity contribution in [2.45, 2.75) is 38.1 Å². The van der Waals surface area contributed by atoms with E-state index < -0.39 is 5.54 Å². The quantitative estimate of drug-likeness (QED) is 0.616. The Morgan fingerprint density at radius 2 is 2.06 bits per heavy atom. The Morgan fingerprint density at radius 1 is 1.39 bits per heavy atom. The zero-order valence-electron chi connectivity index (χ0n) is 10.6. The molecule has 4 heteroatoms. The fraction of sp³-hybridized carbons (Fsp3) is 0.500. The topological polar surface area (TPSA) is 38.7 Å². The molecule has 1 aliphatic carbocycles. The van der Waals surface area contributed by atoms with Crippen LogP contribution in [0.3, 0.4) is 0 Å². The number of benzene rings is 1. The molecule has 96 valence electrons. The first kappa shape index (κ1) is 13.1. The smallest absolute Gasteiger partial charge is 0.235 e. The lowest BCUT2D eigenvalue weighted by Gasteiger charge is -2.25. The Hall–Kier alpha value is -1.31. The van der Waals surface area contributed by atoms with Gasteiger partial charge in [0.1, 0.15) is 5.75 Å². The zero-order valence-corrected chi connectivity index (χ0v) is 11.4. The number of halogens is 1. The molecule has 0 heterocycles. The van der Waals surface area contributed by atoms with Gasteiger partial charge in [0.2, 0.25) is 6.08 Å². The highest BCUT2D eigenvalue weighted by molar-refractivity contribution is 6.33. The van der Waals surface area contributed by atoms with Crippen molar-refractivity contribution in [3.8, 4) is 5.75 Å². The Kier molecular flexibility index (Phi) is 3.74. The summed E-state index contributed by atoms with van der Waals surface area (Å²) >= 11 is 6.37. The number of hydrogen-bond acceptors (Lipinski definition) is 3. The summed E-state index contributed by atoms with van der Waals surface area (Å²) in [5.41, 5.74) is 1.44. The average Bonchev–Trinajstić information content (AvgIpc) is 2.81. The van der Waals surface area contributed by atoms with Crippen LogP contribution < -0.4 is 4.74 Å². The maximum atomic E-state index is 10.7. The standard InChI is InChI=1S/C14H16ClNO2/c1-10-7-11(13(15)12(8-10)18-2)14(16-9-17)5-3-4-6-14/h7-8H,3-6H2,1-2H3. The molecule has 0 atom stereocenters. The molecule has 0 aliphatic heterocycles. The minimum absolute atomic E-state index is 0.502. The van der Waals surface area contributed by atoms with Crippen LogP contribution in [0.5, 0.6) is 5.75 Å². The fourth-order valence-corrected chi connectivity index (χ4v) is 3.07. The van der Waals surface area contributed by atoms with E-state index in [1.807, 2.05) is 19.1 Å². The van der Waals surface area contributed by atoms with E-state index in [0.29, 0.717) is 10.8 Å². The third-order valence-corrected chi connectivity index (χ3v) is 3.99. The summed E-state index contributed by atoms with van der Waals surface area (Å²) < 4.78 is 5.28. The van der Waals surface area contributed by atoms with Gasteiger partial charge in [-0.25, -0.2) is 4.79 Å². The van der Waals surface area contributed by atoms with Crippen molar-refractivity contribution < 1.29 is 9.53 Å². The summed E-state index contributed by atoms with van der Waals surface area (Å²) in [5.74, 6) is 0.638. The molecule has 18 heavy (non-hydrogen) atoms. The van der Waals surface area contributed by atoms with Crippen LogP contribution in [0, 0.1) is 6.92 Å². The molecule has 0 unspecified atom stereocenters. The second-order valence-electron chi connectivity index (χ2n) is 4.77. The third kappa shape index (κ3) is 2.16. The van der Waals surface area contributed by atoms with Gasteiger partial charge >= 0.3 is 0 Å². The molecule has 0 spiro atoms. The molecular weight excluding hydrogens is 250 g/mol. The van der Waals surface area contributed by atoms with E-state index in [2.05, 4.69) is 4.99 Å². The van der Waals surface area contributed by atoms with Crippen LogP contribution in [0.25, 0.3) is 0 Å². The first-order chi connectivity index (χ1) is 8.63. The zero-order chi connectivity index (χ0) is 13.2. The number of hydrogen-bond donors (Lipinski definition) is 0. The molecule has 0 saturated heterocycles. The fourth-order valence-electron chi connectivity index (χ4n) is 2.71. The molecule has 1 aliphatic rings. The van der Waals surface area contributed by atoms with Crippen molar-refractivity contribution in [2.75, 3.05) is 7.11 Å². The highest BCUT2D eigenvalue weighted by atomic mass is 35.5. The summed E-state index contributed by atoms with van der Waals surface area (Å²) in [5, 5.41) is 0.559.